The first-order valence-corrected chi connectivity index (χ1v) is 13.4. The van der Waals surface area contributed by atoms with Crippen molar-refractivity contribution in [3.8, 4) is 0 Å². The summed E-state index contributed by atoms with van der Waals surface area (Å²) in [6, 6.07) is 19.7. The summed E-state index contributed by atoms with van der Waals surface area (Å²) in [5.74, 6) is 0.257. The third-order valence-electron chi connectivity index (χ3n) is 4.87. The smallest absolute Gasteiger partial charge is 0.215 e. The first-order valence-electron chi connectivity index (χ1n) is 9.95. The zero-order chi connectivity index (χ0) is 20.4. The summed E-state index contributed by atoms with van der Waals surface area (Å²) >= 11 is 0. The Morgan fingerprint density at radius 2 is 1.64 bits per heavy atom. The third-order valence-corrected chi connectivity index (χ3v) is 5.59. The van der Waals surface area contributed by atoms with E-state index >= 15 is 0 Å². The molecule has 2 aromatic carbocycles. The van der Waals surface area contributed by atoms with Gasteiger partial charge in [0.15, 0.2) is 5.78 Å². The van der Waals surface area contributed by atoms with Gasteiger partial charge < -0.3 is 4.53 Å². The number of benzene rings is 2. The highest BCUT2D eigenvalue weighted by Gasteiger charge is 2.45. The van der Waals surface area contributed by atoms with Crippen LogP contribution in [0.2, 0.25) is 19.6 Å². The van der Waals surface area contributed by atoms with Gasteiger partial charge in [0.1, 0.15) is 0 Å². The molecular formula is C23H31NO3Si. The van der Waals surface area contributed by atoms with E-state index in [-0.39, 0.29) is 23.3 Å². The first-order chi connectivity index (χ1) is 13.1. The summed E-state index contributed by atoms with van der Waals surface area (Å²) < 4.78 is 6.31. The van der Waals surface area contributed by atoms with Crippen LogP contribution < -0.4 is 0 Å². The van der Waals surface area contributed by atoms with E-state index in [4.69, 9.17) is 9.36 Å². The molecule has 0 saturated carbocycles. The van der Waals surface area contributed by atoms with Gasteiger partial charge in [0, 0.05) is 17.9 Å². The molecule has 1 saturated heterocycles. The summed E-state index contributed by atoms with van der Waals surface area (Å²) in [7, 11) is -1.92. The fraction of sp³-hybridized carbons (Fsp3) is 0.435. The van der Waals surface area contributed by atoms with Gasteiger partial charge in [0.2, 0.25) is 8.32 Å². The van der Waals surface area contributed by atoms with Crippen LogP contribution >= 0.6 is 0 Å². The van der Waals surface area contributed by atoms with Crippen molar-refractivity contribution in [2.45, 2.75) is 63.9 Å². The van der Waals surface area contributed by atoms with Crippen LogP contribution in [0.25, 0.3) is 0 Å². The number of carbonyl (C=O) groups is 1. The van der Waals surface area contributed by atoms with Crippen LogP contribution in [0.5, 0.6) is 0 Å². The second kappa shape index (κ2) is 8.29. The molecule has 0 N–H and O–H groups in total. The molecule has 0 aromatic heterocycles. The molecule has 0 aliphatic carbocycles. The fourth-order valence-electron chi connectivity index (χ4n) is 3.71. The van der Waals surface area contributed by atoms with E-state index in [1.807, 2.05) is 36.4 Å². The van der Waals surface area contributed by atoms with Crippen LogP contribution in [0.15, 0.2) is 60.7 Å². The Morgan fingerprint density at radius 1 is 1.07 bits per heavy atom. The molecule has 3 rings (SSSR count). The fourth-order valence-corrected chi connectivity index (χ4v) is 4.42. The van der Waals surface area contributed by atoms with E-state index in [2.05, 4.69) is 57.8 Å². The van der Waals surface area contributed by atoms with E-state index in [9.17, 15) is 4.79 Å². The zero-order valence-corrected chi connectivity index (χ0v) is 18.5. The van der Waals surface area contributed by atoms with Crippen LogP contribution in [-0.2, 0) is 9.36 Å². The largest absolute Gasteiger partial charge is 0.321 e. The van der Waals surface area contributed by atoms with Crippen LogP contribution in [0.3, 0.4) is 0 Å². The van der Waals surface area contributed by atoms with Gasteiger partial charge in [0.05, 0.1) is 11.6 Å². The van der Waals surface area contributed by atoms with Gasteiger partial charge in [0.25, 0.3) is 0 Å². The molecule has 2 atom stereocenters. The Morgan fingerprint density at radius 3 is 2.21 bits per heavy atom. The van der Waals surface area contributed by atoms with Gasteiger partial charge in [-0.1, -0.05) is 65.9 Å². The van der Waals surface area contributed by atoms with Crippen molar-refractivity contribution in [2.24, 2.45) is 0 Å². The molecule has 4 nitrogen and oxygen atoms in total. The van der Waals surface area contributed by atoms with Gasteiger partial charge in [-0.05, 0) is 45.5 Å². The van der Waals surface area contributed by atoms with Gasteiger partial charge in [-0.3, -0.25) is 9.63 Å². The predicted octanol–water partition coefficient (Wildman–Crippen LogP) is 5.59. The number of hydrogen-bond donors (Lipinski definition) is 0. The molecule has 5 heteroatoms. The lowest BCUT2D eigenvalue weighted by Crippen LogP contribution is -2.55. The average Bonchev–Trinajstić information content (AvgIpc) is 2.63. The molecule has 1 fully saturated rings. The van der Waals surface area contributed by atoms with Gasteiger partial charge in [-0.2, -0.15) is 0 Å². The second-order valence-corrected chi connectivity index (χ2v) is 13.5. The Bertz CT molecular complexity index is 784. The first kappa shape index (κ1) is 20.9. The normalized spacial score (nSPS) is 22.8. The van der Waals surface area contributed by atoms with Crippen molar-refractivity contribution in [1.82, 2.24) is 5.23 Å². The minimum absolute atomic E-state index is 0.110. The summed E-state index contributed by atoms with van der Waals surface area (Å²) in [5.41, 5.74) is 1.58. The number of ketones is 1. The lowest BCUT2D eigenvalue weighted by Gasteiger charge is -2.48. The number of carbonyl (C=O) groups excluding carboxylic acids is 1. The molecule has 0 bridgehead atoms. The molecule has 1 aliphatic heterocycles. The Hall–Kier alpha value is -1.79. The highest BCUT2D eigenvalue weighted by atomic mass is 28.4. The van der Waals surface area contributed by atoms with Crippen molar-refractivity contribution in [2.75, 3.05) is 0 Å². The summed E-state index contributed by atoms with van der Waals surface area (Å²) in [4.78, 5) is 19.3. The van der Waals surface area contributed by atoms with Gasteiger partial charge in [-0.15, -0.1) is 0 Å². The standard InChI is InChI=1S/C23H31NO3Si/c1-23(2)17-20(18-12-8-6-9-13-18)21(24(26-23)27-28(3,4)5)16-22(25)19-14-10-7-11-15-19/h6-15,20-21H,16-17H2,1-5H3. The van der Waals surface area contributed by atoms with Crippen molar-refractivity contribution in [3.63, 3.8) is 0 Å². The number of hydrogen-bond acceptors (Lipinski definition) is 4. The van der Waals surface area contributed by atoms with E-state index in [1.54, 1.807) is 5.23 Å². The van der Waals surface area contributed by atoms with Crippen molar-refractivity contribution in [3.05, 3.63) is 71.8 Å². The highest BCUT2D eigenvalue weighted by Crippen LogP contribution is 2.41. The van der Waals surface area contributed by atoms with Crippen LogP contribution in [0.4, 0.5) is 0 Å². The Balaban J connectivity index is 1.95. The number of hydroxylamine groups is 2. The maximum absolute atomic E-state index is 13.0. The number of rotatable bonds is 6. The molecule has 150 valence electrons. The van der Waals surface area contributed by atoms with E-state index in [1.165, 1.54) is 5.56 Å². The van der Waals surface area contributed by atoms with E-state index in [0.29, 0.717) is 6.42 Å². The summed E-state index contributed by atoms with van der Waals surface area (Å²) in [6.45, 7) is 10.6. The molecule has 0 amide bonds. The number of Topliss-reactive ketones (excluding diaryl/α,β-unsaturated/α-hetero) is 1. The minimum Gasteiger partial charge on any atom is -0.321 e. The predicted molar refractivity (Wildman–Crippen MR) is 114 cm³/mol. The third kappa shape index (κ3) is 5.38. The number of nitrogens with zero attached hydrogens (tertiary/aromatic N) is 1. The topological polar surface area (TPSA) is 38.8 Å². The van der Waals surface area contributed by atoms with Crippen molar-refractivity contribution >= 4 is 14.1 Å². The van der Waals surface area contributed by atoms with Crippen LogP contribution in [0, 0.1) is 0 Å². The summed E-state index contributed by atoms with van der Waals surface area (Å²) in [6.07, 6.45) is 1.18. The van der Waals surface area contributed by atoms with Crippen LogP contribution in [0.1, 0.15) is 48.5 Å². The maximum Gasteiger partial charge on any atom is 0.215 e. The molecule has 1 heterocycles. The SMILES string of the molecule is CC1(C)CC(c2ccccc2)C(CC(=O)c2ccccc2)N(O[Si](C)(C)C)O1. The van der Waals surface area contributed by atoms with Gasteiger partial charge >= 0.3 is 0 Å². The Labute approximate surface area is 169 Å². The molecular weight excluding hydrogens is 366 g/mol. The average molecular weight is 398 g/mol. The Kier molecular flexibility index (Phi) is 6.20. The van der Waals surface area contributed by atoms with E-state index < -0.39 is 8.32 Å². The molecule has 0 spiro atoms. The molecule has 2 unspecified atom stereocenters. The molecule has 2 aromatic rings. The lowest BCUT2D eigenvalue weighted by molar-refractivity contribution is -0.409. The van der Waals surface area contributed by atoms with Crippen LogP contribution in [-0.4, -0.2) is 31.0 Å². The molecule has 0 radical (unpaired) electrons. The highest BCUT2D eigenvalue weighted by molar-refractivity contribution is 6.69. The maximum atomic E-state index is 13.0. The second-order valence-electron chi connectivity index (χ2n) is 9.12. The monoisotopic (exact) mass is 397 g/mol. The molecule has 1 aliphatic rings. The molecule has 28 heavy (non-hydrogen) atoms. The lowest BCUT2D eigenvalue weighted by atomic mass is 9.79. The van der Waals surface area contributed by atoms with E-state index in [0.717, 1.165) is 12.0 Å². The van der Waals surface area contributed by atoms with Crippen molar-refractivity contribution in [1.29, 1.82) is 0 Å². The minimum atomic E-state index is -1.92. The van der Waals surface area contributed by atoms with Gasteiger partial charge in [-0.25, -0.2) is 0 Å². The summed E-state index contributed by atoms with van der Waals surface area (Å²) in [5, 5.41) is 1.66. The van der Waals surface area contributed by atoms with Crippen molar-refractivity contribution < 1.29 is 14.2 Å². The quantitative estimate of drug-likeness (QED) is 0.470. The zero-order valence-electron chi connectivity index (χ0n) is 17.5.